The molecule has 0 amide bonds. The van der Waals surface area contributed by atoms with Gasteiger partial charge >= 0.3 is 0 Å². The van der Waals surface area contributed by atoms with Crippen molar-refractivity contribution in [1.82, 2.24) is 4.90 Å². The molecule has 0 aromatic carbocycles. The van der Waals surface area contributed by atoms with E-state index in [0.29, 0.717) is 11.5 Å². The zero-order chi connectivity index (χ0) is 14.2. The lowest BCUT2D eigenvalue weighted by molar-refractivity contribution is 0.0597. The van der Waals surface area contributed by atoms with Crippen molar-refractivity contribution in [3.05, 3.63) is 0 Å². The largest absolute Gasteiger partial charge is 0.376 e. The van der Waals surface area contributed by atoms with Crippen LogP contribution in [0.2, 0.25) is 0 Å². The fourth-order valence-electron chi connectivity index (χ4n) is 4.07. The molecule has 1 saturated carbocycles. The molecule has 4 nitrogen and oxygen atoms in total. The molecule has 1 aliphatic carbocycles. The van der Waals surface area contributed by atoms with Crippen molar-refractivity contribution in [3.63, 3.8) is 0 Å². The van der Waals surface area contributed by atoms with E-state index in [-0.39, 0.29) is 5.54 Å². The summed E-state index contributed by atoms with van der Waals surface area (Å²) in [6.07, 6.45) is 9.05. The number of guanidine groups is 1. The molecule has 20 heavy (non-hydrogen) atoms. The van der Waals surface area contributed by atoms with Gasteiger partial charge in [-0.25, -0.2) is 0 Å². The minimum atomic E-state index is 0.184. The quantitative estimate of drug-likeness (QED) is 0.845. The van der Waals surface area contributed by atoms with Crippen LogP contribution in [0, 0.1) is 5.41 Å². The fraction of sp³-hybridized carbons (Fsp3) is 0.938. The highest BCUT2D eigenvalue weighted by Crippen LogP contribution is 2.42. The summed E-state index contributed by atoms with van der Waals surface area (Å²) in [7, 11) is 0. The molecule has 2 aliphatic heterocycles. The van der Waals surface area contributed by atoms with E-state index in [0.717, 1.165) is 25.7 Å². The number of hydrogen-bond acceptors (Lipinski definition) is 4. The lowest BCUT2D eigenvalue weighted by atomic mass is 9.83. The Morgan fingerprint density at radius 3 is 2.85 bits per heavy atom. The molecule has 0 aromatic rings. The van der Waals surface area contributed by atoms with Crippen LogP contribution in [0.15, 0.2) is 4.99 Å². The van der Waals surface area contributed by atoms with Gasteiger partial charge in [-0.3, -0.25) is 4.99 Å². The zero-order valence-corrected chi connectivity index (χ0v) is 13.0. The summed E-state index contributed by atoms with van der Waals surface area (Å²) >= 11 is 0. The van der Waals surface area contributed by atoms with Gasteiger partial charge in [0.2, 0.25) is 0 Å². The van der Waals surface area contributed by atoms with E-state index in [1.165, 1.54) is 44.9 Å². The average molecular weight is 279 g/mol. The number of nitrogens with two attached hydrogens (primary N) is 1. The molecule has 114 valence electrons. The lowest BCUT2D eigenvalue weighted by Crippen LogP contribution is -2.54. The van der Waals surface area contributed by atoms with Crippen molar-refractivity contribution in [2.24, 2.45) is 16.1 Å². The van der Waals surface area contributed by atoms with Crippen LogP contribution < -0.4 is 5.73 Å². The first-order chi connectivity index (χ1) is 9.51. The highest BCUT2D eigenvalue weighted by molar-refractivity contribution is 5.81. The minimum Gasteiger partial charge on any atom is -0.376 e. The van der Waals surface area contributed by atoms with E-state index in [2.05, 4.69) is 23.7 Å². The summed E-state index contributed by atoms with van der Waals surface area (Å²) in [6, 6.07) is 0. The van der Waals surface area contributed by atoms with Gasteiger partial charge < -0.3 is 15.4 Å². The van der Waals surface area contributed by atoms with Crippen LogP contribution in [0.5, 0.6) is 0 Å². The van der Waals surface area contributed by atoms with Gasteiger partial charge in [0.1, 0.15) is 0 Å². The van der Waals surface area contributed by atoms with Gasteiger partial charge in [0.05, 0.1) is 18.2 Å². The first kappa shape index (κ1) is 14.2. The van der Waals surface area contributed by atoms with Crippen molar-refractivity contribution in [2.75, 3.05) is 19.7 Å². The van der Waals surface area contributed by atoms with Gasteiger partial charge in [-0.1, -0.05) is 20.3 Å². The number of ether oxygens (including phenoxy) is 1. The van der Waals surface area contributed by atoms with Gasteiger partial charge in [-0.15, -0.1) is 0 Å². The van der Waals surface area contributed by atoms with Gasteiger partial charge in [0, 0.05) is 13.2 Å². The van der Waals surface area contributed by atoms with Crippen molar-refractivity contribution in [2.45, 2.75) is 70.4 Å². The Hall–Kier alpha value is -0.770. The highest BCUT2D eigenvalue weighted by atomic mass is 16.5. The summed E-state index contributed by atoms with van der Waals surface area (Å²) < 4.78 is 5.82. The predicted molar refractivity (Wildman–Crippen MR) is 81.8 cm³/mol. The molecule has 2 N–H and O–H groups in total. The van der Waals surface area contributed by atoms with Crippen LogP contribution in [-0.4, -0.2) is 42.2 Å². The number of rotatable bonds is 2. The first-order valence-corrected chi connectivity index (χ1v) is 8.20. The van der Waals surface area contributed by atoms with Crippen molar-refractivity contribution >= 4 is 5.96 Å². The van der Waals surface area contributed by atoms with Gasteiger partial charge in [-0.05, 0) is 43.9 Å². The zero-order valence-electron chi connectivity index (χ0n) is 13.0. The molecule has 2 atom stereocenters. The molecular formula is C16H29N3O. The van der Waals surface area contributed by atoms with Crippen LogP contribution in [0.25, 0.3) is 0 Å². The van der Waals surface area contributed by atoms with Crippen molar-refractivity contribution in [1.29, 1.82) is 0 Å². The molecule has 2 heterocycles. The second kappa shape index (κ2) is 5.21. The molecule has 2 unspecified atom stereocenters. The van der Waals surface area contributed by atoms with Crippen molar-refractivity contribution in [3.8, 4) is 0 Å². The van der Waals surface area contributed by atoms with Crippen LogP contribution in [0.3, 0.4) is 0 Å². The van der Waals surface area contributed by atoms with Gasteiger partial charge in [0.15, 0.2) is 5.96 Å². The molecule has 1 spiro atoms. The Morgan fingerprint density at radius 2 is 2.10 bits per heavy atom. The van der Waals surface area contributed by atoms with Gasteiger partial charge in [-0.2, -0.15) is 0 Å². The SMILES string of the molecule is CC1(C)CCCC2(CC1)CN=C(N)N2CC1CCCO1. The van der Waals surface area contributed by atoms with E-state index in [1.54, 1.807) is 0 Å². The van der Waals surface area contributed by atoms with E-state index in [4.69, 9.17) is 10.5 Å². The lowest BCUT2D eigenvalue weighted by Gasteiger charge is -2.40. The Labute approximate surface area is 122 Å². The summed E-state index contributed by atoms with van der Waals surface area (Å²) in [4.78, 5) is 6.98. The Kier molecular flexibility index (Phi) is 3.69. The summed E-state index contributed by atoms with van der Waals surface area (Å²) in [6.45, 7) is 7.54. The molecule has 0 aromatic heterocycles. The molecule has 0 radical (unpaired) electrons. The van der Waals surface area contributed by atoms with Crippen LogP contribution in [-0.2, 0) is 4.74 Å². The maximum Gasteiger partial charge on any atom is 0.191 e. The third-order valence-corrected chi connectivity index (χ3v) is 5.56. The van der Waals surface area contributed by atoms with Crippen LogP contribution in [0.4, 0.5) is 0 Å². The number of hydrogen-bond donors (Lipinski definition) is 1. The average Bonchev–Trinajstić information content (AvgIpc) is 2.96. The van der Waals surface area contributed by atoms with E-state index >= 15 is 0 Å². The molecule has 1 saturated heterocycles. The van der Waals surface area contributed by atoms with Gasteiger partial charge in [0.25, 0.3) is 0 Å². The minimum absolute atomic E-state index is 0.184. The first-order valence-electron chi connectivity index (χ1n) is 8.20. The Balaban J connectivity index is 1.73. The summed E-state index contributed by atoms with van der Waals surface area (Å²) in [5.41, 5.74) is 6.85. The highest BCUT2D eigenvalue weighted by Gasteiger charge is 2.45. The monoisotopic (exact) mass is 279 g/mol. The third-order valence-electron chi connectivity index (χ3n) is 5.56. The smallest absolute Gasteiger partial charge is 0.191 e. The molecule has 2 fully saturated rings. The fourth-order valence-corrected chi connectivity index (χ4v) is 4.07. The molecule has 0 bridgehead atoms. The second-order valence-corrected chi connectivity index (χ2v) is 7.66. The van der Waals surface area contributed by atoms with Crippen molar-refractivity contribution < 1.29 is 4.74 Å². The van der Waals surface area contributed by atoms with E-state index in [1.807, 2.05) is 0 Å². The van der Waals surface area contributed by atoms with E-state index in [9.17, 15) is 0 Å². The number of nitrogens with zero attached hydrogens (tertiary/aromatic N) is 2. The Bertz CT molecular complexity index is 387. The normalized spacial score (nSPS) is 37.2. The molecular weight excluding hydrogens is 250 g/mol. The maximum atomic E-state index is 6.20. The molecule has 4 heteroatoms. The number of aliphatic imine (C=N–C) groups is 1. The van der Waals surface area contributed by atoms with Crippen LogP contribution >= 0.6 is 0 Å². The van der Waals surface area contributed by atoms with E-state index < -0.39 is 0 Å². The summed E-state index contributed by atoms with van der Waals surface area (Å²) in [5, 5.41) is 0. The standard InChI is InChI=1S/C16H29N3O/c1-15(2)6-4-7-16(9-8-15)12-18-14(17)19(16)11-13-5-3-10-20-13/h13H,3-12H2,1-2H3,(H2,17,18). The maximum absolute atomic E-state index is 6.20. The second-order valence-electron chi connectivity index (χ2n) is 7.66. The van der Waals surface area contributed by atoms with Crippen LogP contribution in [0.1, 0.15) is 58.8 Å². The third kappa shape index (κ3) is 2.67. The Morgan fingerprint density at radius 1 is 1.25 bits per heavy atom. The molecule has 3 rings (SSSR count). The summed E-state index contributed by atoms with van der Waals surface area (Å²) in [5.74, 6) is 0.750. The topological polar surface area (TPSA) is 50.8 Å². The predicted octanol–water partition coefficient (Wildman–Crippen LogP) is 2.52. The molecule has 3 aliphatic rings.